The predicted molar refractivity (Wildman–Crippen MR) is 137 cm³/mol. The van der Waals surface area contributed by atoms with E-state index in [9.17, 15) is 18.0 Å². The highest BCUT2D eigenvalue weighted by atomic mass is 32.2. The smallest absolute Gasteiger partial charge is 0.328 e. The summed E-state index contributed by atoms with van der Waals surface area (Å²) >= 11 is 0. The molecule has 1 heterocycles. The minimum absolute atomic E-state index is 0.213. The van der Waals surface area contributed by atoms with Gasteiger partial charge in [0, 0.05) is 35.3 Å². The van der Waals surface area contributed by atoms with Crippen molar-refractivity contribution in [2.45, 2.75) is 32.6 Å². The second-order valence-corrected chi connectivity index (χ2v) is 11.0. The van der Waals surface area contributed by atoms with Crippen LogP contribution in [0.3, 0.4) is 0 Å². The largest absolute Gasteiger partial charge is 0.496 e. The summed E-state index contributed by atoms with van der Waals surface area (Å²) in [6.45, 7) is 6.36. The molecule has 10 heteroatoms. The maximum atomic E-state index is 12.6. The van der Waals surface area contributed by atoms with Crippen LogP contribution in [0.5, 0.6) is 5.75 Å². The molecule has 0 aliphatic carbocycles. The highest BCUT2D eigenvalue weighted by molar-refractivity contribution is 7.92. The molecule has 9 nitrogen and oxygen atoms in total. The number of carbonyl (C=O) groups excluding carboxylic acids is 2. The van der Waals surface area contributed by atoms with Crippen LogP contribution in [-0.4, -0.2) is 47.4 Å². The van der Waals surface area contributed by atoms with Gasteiger partial charge < -0.3 is 14.8 Å². The van der Waals surface area contributed by atoms with Gasteiger partial charge >= 0.3 is 6.03 Å². The summed E-state index contributed by atoms with van der Waals surface area (Å²) in [5.74, 6) is 0.798. The molecule has 0 aromatic heterocycles. The van der Waals surface area contributed by atoms with Gasteiger partial charge in [-0.2, -0.15) is 0 Å². The third-order valence-corrected chi connectivity index (χ3v) is 6.03. The second kappa shape index (κ2) is 9.99. The van der Waals surface area contributed by atoms with Crippen molar-refractivity contribution in [1.29, 1.82) is 0 Å². The number of imide groups is 1. The Morgan fingerprint density at radius 3 is 2.29 bits per heavy atom. The van der Waals surface area contributed by atoms with Crippen LogP contribution in [0.1, 0.15) is 43.9 Å². The van der Waals surface area contributed by atoms with Crippen LogP contribution in [0.25, 0.3) is 11.8 Å². The van der Waals surface area contributed by atoms with Crippen LogP contribution in [0.2, 0.25) is 0 Å². The molecule has 1 aliphatic heterocycles. The van der Waals surface area contributed by atoms with Crippen LogP contribution in [0.4, 0.5) is 16.2 Å². The number of nitrogens with zero attached hydrogens (tertiary/aromatic N) is 1. The third kappa shape index (κ3) is 6.13. The molecule has 0 spiro atoms. The number of benzene rings is 2. The first-order valence-corrected chi connectivity index (χ1v) is 12.9. The summed E-state index contributed by atoms with van der Waals surface area (Å²) in [4.78, 5) is 26.3. The van der Waals surface area contributed by atoms with Crippen molar-refractivity contribution in [3.63, 3.8) is 0 Å². The molecule has 35 heavy (non-hydrogen) atoms. The fourth-order valence-corrected chi connectivity index (χ4v) is 4.38. The number of sulfonamides is 1. The molecule has 1 aliphatic rings. The molecule has 1 saturated heterocycles. The Bertz CT molecular complexity index is 1250. The zero-order valence-corrected chi connectivity index (χ0v) is 21.6. The minimum atomic E-state index is -3.39. The molecule has 0 saturated carbocycles. The summed E-state index contributed by atoms with van der Waals surface area (Å²) in [7, 11) is -0.301. The van der Waals surface area contributed by atoms with Crippen LogP contribution < -0.4 is 19.7 Å². The van der Waals surface area contributed by atoms with Gasteiger partial charge in [0.15, 0.2) is 0 Å². The summed E-state index contributed by atoms with van der Waals surface area (Å²) in [6.07, 6.45) is 3.06. The fraction of sp³-hybridized carbons (Fsp3) is 0.360. The predicted octanol–water partition coefficient (Wildman–Crippen LogP) is 3.96. The number of amides is 3. The van der Waals surface area contributed by atoms with Crippen molar-refractivity contribution in [1.82, 2.24) is 5.32 Å². The number of nitrogens with one attached hydrogen (secondary N) is 2. The highest BCUT2D eigenvalue weighted by Gasteiger charge is 2.30. The Kier molecular flexibility index (Phi) is 7.44. The molecule has 2 aromatic carbocycles. The van der Waals surface area contributed by atoms with E-state index in [0.29, 0.717) is 40.6 Å². The van der Waals surface area contributed by atoms with E-state index < -0.39 is 16.1 Å². The number of hydrogen-bond acceptors (Lipinski definition) is 6. The maximum Gasteiger partial charge on any atom is 0.328 e. The average molecular weight is 502 g/mol. The number of methoxy groups -OCH3 is 2. The lowest BCUT2D eigenvalue weighted by Gasteiger charge is -2.29. The van der Waals surface area contributed by atoms with E-state index >= 15 is 0 Å². The number of ether oxygens (including phenoxy) is 2. The fourth-order valence-electron chi connectivity index (χ4n) is 3.82. The number of carbonyl (C=O) groups is 2. The maximum absolute atomic E-state index is 12.6. The van der Waals surface area contributed by atoms with Gasteiger partial charge in [-0.3, -0.25) is 9.52 Å². The standard InChI is InChI=1S/C25H31N3O6S/c1-25(2,3)20-15-19(28-22(29)11-12-26-24(28)30)13-17(23(20)34-5)14-21(33-4)16-7-9-18(10-8-16)27-35(6,31)32/h7-10,13-15,27H,11-12H2,1-6H3,(H,26,30)/b21-14-. The average Bonchev–Trinajstić information content (AvgIpc) is 2.76. The Labute approximate surface area is 206 Å². The van der Waals surface area contributed by atoms with Crippen molar-refractivity contribution < 1.29 is 27.5 Å². The van der Waals surface area contributed by atoms with E-state index in [-0.39, 0.29) is 17.7 Å². The van der Waals surface area contributed by atoms with Crippen molar-refractivity contribution >= 4 is 45.2 Å². The number of anilines is 2. The number of rotatable bonds is 7. The Hall–Kier alpha value is -3.53. The van der Waals surface area contributed by atoms with Crippen LogP contribution in [0, 0.1) is 0 Å². The number of hydrogen-bond donors (Lipinski definition) is 2. The molecule has 2 N–H and O–H groups in total. The molecule has 3 rings (SSSR count). The normalized spacial score (nSPS) is 15.0. The summed E-state index contributed by atoms with van der Waals surface area (Å²) in [5.41, 5.74) is 2.64. The lowest BCUT2D eigenvalue weighted by atomic mass is 9.84. The lowest BCUT2D eigenvalue weighted by Crippen LogP contribution is -2.50. The Morgan fingerprint density at radius 2 is 1.77 bits per heavy atom. The molecule has 2 aromatic rings. The van der Waals surface area contributed by atoms with Gasteiger partial charge in [0.1, 0.15) is 11.5 Å². The van der Waals surface area contributed by atoms with E-state index in [1.807, 2.05) is 20.8 Å². The first kappa shape index (κ1) is 26.1. The lowest BCUT2D eigenvalue weighted by molar-refractivity contribution is -0.118. The van der Waals surface area contributed by atoms with Gasteiger partial charge in [-0.05, 0) is 47.9 Å². The van der Waals surface area contributed by atoms with Gasteiger partial charge in [-0.25, -0.2) is 18.1 Å². The Balaban J connectivity index is 2.15. The number of urea groups is 1. The van der Waals surface area contributed by atoms with Gasteiger partial charge in [-0.1, -0.05) is 20.8 Å². The van der Waals surface area contributed by atoms with Gasteiger partial charge in [0.2, 0.25) is 15.9 Å². The molecule has 0 unspecified atom stereocenters. The molecule has 0 bridgehead atoms. The monoisotopic (exact) mass is 501 g/mol. The second-order valence-electron chi connectivity index (χ2n) is 9.24. The van der Waals surface area contributed by atoms with Crippen molar-refractivity contribution in [2.75, 3.05) is 36.6 Å². The zero-order chi connectivity index (χ0) is 26.0. The summed E-state index contributed by atoms with van der Waals surface area (Å²) in [5, 5.41) is 2.71. The molecule has 3 amide bonds. The topological polar surface area (TPSA) is 114 Å². The van der Waals surface area contributed by atoms with E-state index in [1.165, 1.54) is 7.11 Å². The quantitative estimate of drug-likeness (QED) is 0.439. The summed E-state index contributed by atoms with van der Waals surface area (Å²) < 4.78 is 36.8. The Morgan fingerprint density at radius 1 is 1.11 bits per heavy atom. The van der Waals surface area contributed by atoms with Crippen LogP contribution in [-0.2, 0) is 25.0 Å². The van der Waals surface area contributed by atoms with E-state index in [2.05, 4.69) is 10.0 Å². The minimum Gasteiger partial charge on any atom is -0.496 e. The van der Waals surface area contributed by atoms with Gasteiger partial charge in [-0.15, -0.1) is 0 Å². The summed E-state index contributed by atoms with van der Waals surface area (Å²) in [6, 6.07) is 9.77. The van der Waals surface area contributed by atoms with Crippen LogP contribution in [0.15, 0.2) is 36.4 Å². The molecular formula is C25H31N3O6S. The SMILES string of the molecule is CO/C(=C\c1cc(N2C(=O)CCNC2=O)cc(C(C)(C)C)c1OC)c1ccc(NS(C)(=O)=O)cc1. The molecule has 188 valence electrons. The van der Waals surface area contributed by atoms with Gasteiger partial charge in [0.25, 0.3) is 0 Å². The molecule has 1 fully saturated rings. The highest BCUT2D eigenvalue weighted by Crippen LogP contribution is 2.40. The van der Waals surface area contributed by atoms with Crippen molar-refractivity contribution in [3.8, 4) is 5.75 Å². The van der Waals surface area contributed by atoms with E-state index in [1.54, 1.807) is 49.6 Å². The molecule has 0 atom stereocenters. The van der Waals surface area contributed by atoms with E-state index in [0.717, 1.165) is 16.7 Å². The van der Waals surface area contributed by atoms with Crippen molar-refractivity contribution in [3.05, 3.63) is 53.1 Å². The van der Waals surface area contributed by atoms with Crippen molar-refractivity contribution in [2.24, 2.45) is 0 Å². The van der Waals surface area contributed by atoms with E-state index in [4.69, 9.17) is 9.47 Å². The third-order valence-electron chi connectivity index (χ3n) is 5.42. The molecule has 0 radical (unpaired) electrons. The van der Waals surface area contributed by atoms with Crippen LogP contribution >= 0.6 is 0 Å². The first-order valence-electron chi connectivity index (χ1n) is 11.0. The first-order chi connectivity index (χ1) is 16.3. The zero-order valence-electron chi connectivity index (χ0n) is 20.8. The molecular weight excluding hydrogens is 470 g/mol. The van der Waals surface area contributed by atoms with Gasteiger partial charge in [0.05, 0.1) is 26.2 Å².